The summed E-state index contributed by atoms with van der Waals surface area (Å²) in [5.41, 5.74) is 1.24. The number of carbonyl (C=O) groups is 1. The van der Waals surface area contributed by atoms with E-state index in [9.17, 15) is 9.59 Å². The second kappa shape index (κ2) is 5.87. The van der Waals surface area contributed by atoms with Gasteiger partial charge < -0.3 is 5.32 Å². The molecule has 2 aromatic rings. The van der Waals surface area contributed by atoms with Crippen LogP contribution in [0.5, 0.6) is 0 Å². The van der Waals surface area contributed by atoms with Crippen molar-refractivity contribution in [2.45, 2.75) is 53.1 Å². The molecule has 1 heterocycles. The predicted molar refractivity (Wildman–Crippen MR) is 93.5 cm³/mol. The molecule has 1 N–H and O–H groups in total. The first-order valence-corrected chi connectivity index (χ1v) is 7.95. The van der Waals surface area contributed by atoms with Crippen LogP contribution >= 0.6 is 0 Å². The Morgan fingerprint density at radius 1 is 1.09 bits per heavy atom. The van der Waals surface area contributed by atoms with Gasteiger partial charge in [0, 0.05) is 12.6 Å². The van der Waals surface area contributed by atoms with Gasteiger partial charge in [0.15, 0.2) is 0 Å². The highest BCUT2D eigenvalue weighted by Crippen LogP contribution is 2.26. The number of nitrogens with one attached hydrogen (secondary N) is 1. The van der Waals surface area contributed by atoms with Crippen LogP contribution in [0.3, 0.4) is 0 Å². The van der Waals surface area contributed by atoms with Gasteiger partial charge in [-0.25, -0.2) is 4.79 Å². The van der Waals surface area contributed by atoms with Crippen LogP contribution < -0.4 is 11.0 Å². The molecule has 0 unspecified atom stereocenters. The van der Waals surface area contributed by atoms with Crippen LogP contribution in [0.25, 0.3) is 11.0 Å². The van der Waals surface area contributed by atoms with E-state index in [0.29, 0.717) is 0 Å². The molecule has 0 aliphatic rings. The minimum absolute atomic E-state index is 0.0355. The quantitative estimate of drug-likeness (QED) is 0.942. The summed E-state index contributed by atoms with van der Waals surface area (Å²) in [6, 6.07) is 7.51. The molecule has 126 valence electrons. The lowest BCUT2D eigenvalue weighted by Crippen LogP contribution is -2.47. The van der Waals surface area contributed by atoms with Crippen molar-refractivity contribution < 1.29 is 4.79 Å². The van der Waals surface area contributed by atoms with E-state index in [2.05, 4.69) is 26.1 Å². The maximum absolute atomic E-state index is 12.4. The number of amides is 1. The summed E-state index contributed by atoms with van der Waals surface area (Å²) < 4.78 is 3.10. The van der Waals surface area contributed by atoms with Crippen LogP contribution in [0.15, 0.2) is 29.1 Å². The molecule has 0 aliphatic carbocycles. The van der Waals surface area contributed by atoms with E-state index in [-0.39, 0.29) is 29.1 Å². The lowest BCUT2D eigenvalue weighted by atomic mass is 9.82. The minimum atomic E-state index is -0.316. The fourth-order valence-corrected chi connectivity index (χ4v) is 3.45. The van der Waals surface area contributed by atoms with E-state index in [1.807, 2.05) is 38.1 Å². The van der Waals surface area contributed by atoms with Crippen molar-refractivity contribution in [2.75, 3.05) is 0 Å². The molecule has 0 saturated carbocycles. The first-order valence-electron chi connectivity index (χ1n) is 7.95. The molecule has 1 aromatic carbocycles. The van der Waals surface area contributed by atoms with Crippen molar-refractivity contribution in [3.63, 3.8) is 0 Å². The standard InChI is InChI=1S/C18H27N3O2/c1-17(2,3)12-18(4,5)19-15(22)11-21-14-10-8-7-9-13(14)20(6)16(21)23/h7-10H,11-12H2,1-6H3,(H,19,22). The van der Waals surface area contributed by atoms with Crippen molar-refractivity contribution in [2.24, 2.45) is 12.5 Å². The SMILES string of the molecule is Cn1c(=O)n(CC(=O)NC(C)(C)CC(C)(C)C)c2ccccc21. The number of hydrogen-bond donors (Lipinski definition) is 1. The molecular formula is C18H27N3O2. The number of benzene rings is 1. The zero-order valence-corrected chi connectivity index (χ0v) is 14.9. The third-order valence-corrected chi connectivity index (χ3v) is 3.80. The average molecular weight is 317 g/mol. The van der Waals surface area contributed by atoms with Gasteiger partial charge in [0.1, 0.15) is 6.54 Å². The molecule has 23 heavy (non-hydrogen) atoms. The molecule has 1 aromatic heterocycles. The molecule has 0 aliphatic heterocycles. The third kappa shape index (κ3) is 4.03. The van der Waals surface area contributed by atoms with Gasteiger partial charge in [0.2, 0.25) is 5.91 Å². The van der Waals surface area contributed by atoms with E-state index in [1.54, 1.807) is 11.6 Å². The van der Waals surface area contributed by atoms with Gasteiger partial charge in [-0.05, 0) is 37.8 Å². The second-order valence-electron chi connectivity index (χ2n) is 8.09. The lowest BCUT2D eigenvalue weighted by Gasteiger charge is -2.33. The van der Waals surface area contributed by atoms with E-state index >= 15 is 0 Å². The number of imidazole rings is 1. The van der Waals surface area contributed by atoms with Crippen LogP contribution in [0.1, 0.15) is 41.0 Å². The Morgan fingerprint density at radius 3 is 2.22 bits per heavy atom. The first-order chi connectivity index (χ1) is 10.5. The molecule has 0 bridgehead atoms. The van der Waals surface area contributed by atoms with E-state index in [1.165, 1.54) is 4.57 Å². The van der Waals surface area contributed by atoms with Crippen LogP contribution in [0.4, 0.5) is 0 Å². The largest absolute Gasteiger partial charge is 0.350 e. The monoisotopic (exact) mass is 317 g/mol. The summed E-state index contributed by atoms with van der Waals surface area (Å²) >= 11 is 0. The number of carbonyl (C=O) groups excluding carboxylic acids is 1. The van der Waals surface area contributed by atoms with Crippen LogP contribution in [-0.2, 0) is 18.4 Å². The summed E-state index contributed by atoms with van der Waals surface area (Å²) in [4.78, 5) is 24.8. The highest BCUT2D eigenvalue weighted by Gasteiger charge is 2.27. The maximum atomic E-state index is 12.4. The summed E-state index contributed by atoms with van der Waals surface area (Å²) in [5, 5.41) is 3.05. The molecule has 1 amide bonds. The van der Waals surface area contributed by atoms with Crippen LogP contribution in [0.2, 0.25) is 0 Å². The fraction of sp³-hybridized carbons (Fsp3) is 0.556. The third-order valence-electron chi connectivity index (χ3n) is 3.80. The van der Waals surface area contributed by atoms with Crippen molar-refractivity contribution in [3.8, 4) is 0 Å². The lowest BCUT2D eigenvalue weighted by molar-refractivity contribution is -0.123. The molecule has 5 heteroatoms. The number of aromatic nitrogens is 2. The molecule has 5 nitrogen and oxygen atoms in total. The van der Waals surface area contributed by atoms with Crippen molar-refractivity contribution >= 4 is 16.9 Å². The van der Waals surface area contributed by atoms with Gasteiger partial charge in [-0.15, -0.1) is 0 Å². The van der Waals surface area contributed by atoms with Crippen molar-refractivity contribution in [1.29, 1.82) is 0 Å². The van der Waals surface area contributed by atoms with Gasteiger partial charge in [-0.3, -0.25) is 13.9 Å². The topological polar surface area (TPSA) is 56.0 Å². The maximum Gasteiger partial charge on any atom is 0.329 e. The predicted octanol–water partition coefficient (Wildman–Crippen LogP) is 2.67. The second-order valence-corrected chi connectivity index (χ2v) is 8.09. The van der Waals surface area contributed by atoms with Gasteiger partial charge >= 0.3 is 5.69 Å². The number of para-hydroxylation sites is 2. The number of hydrogen-bond acceptors (Lipinski definition) is 2. The Balaban J connectivity index is 2.22. The Bertz CT molecular complexity index is 776. The number of rotatable bonds is 4. The highest BCUT2D eigenvalue weighted by atomic mass is 16.2. The summed E-state index contributed by atoms with van der Waals surface area (Å²) in [5.74, 6) is -0.141. The Labute approximate surface area is 137 Å². The molecule has 0 saturated heterocycles. The Hall–Kier alpha value is -2.04. The normalized spacial score (nSPS) is 12.6. The summed E-state index contributed by atoms with van der Waals surface area (Å²) in [6.45, 7) is 10.5. The van der Waals surface area contributed by atoms with E-state index in [4.69, 9.17) is 0 Å². The van der Waals surface area contributed by atoms with E-state index < -0.39 is 0 Å². The van der Waals surface area contributed by atoms with Gasteiger partial charge in [-0.2, -0.15) is 0 Å². The Kier molecular flexibility index (Phi) is 4.42. The van der Waals surface area contributed by atoms with Gasteiger partial charge in [0.25, 0.3) is 0 Å². The van der Waals surface area contributed by atoms with Crippen LogP contribution in [-0.4, -0.2) is 20.6 Å². The zero-order chi connectivity index (χ0) is 17.4. The van der Waals surface area contributed by atoms with Crippen LogP contribution in [0, 0.1) is 5.41 Å². The van der Waals surface area contributed by atoms with Gasteiger partial charge in [-0.1, -0.05) is 32.9 Å². The molecular weight excluding hydrogens is 290 g/mol. The van der Waals surface area contributed by atoms with Crippen molar-refractivity contribution in [1.82, 2.24) is 14.5 Å². The smallest absolute Gasteiger partial charge is 0.329 e. The number of nitrogens with zero attached hydrogens (tertiary/aromatic N) is 2. The minimum Gasteiger partial charge on any atom is -0.350 e. The number of aryl methyl sites for hydroxylation is 1. The number of fused-ring (bicyclic) bond motifs is 1. The highest BCUT2D eigenvalue weighted by molar-refractivity contribution is 5.81. The first kappa shape index (κ1) is 17.3. The molecule has 0 atom stereocenters. The summed E-state index contributed by atoms with van der Waals surface area (Å²) in [6.07, 6.45) is 0.857. The Morgan fingerprint density at radius 2 is 1.65 bits per heavy atom. The van der Waals surface area contributed by atoms with Crippen molar-refractivity contribution in [3.05, 3.63) is 34.7 Å². The van der Waals surface area contributed by atoms with E-state index in [0.717, 1.165) is 17.5 Å². The molecule has 0 radical (unpaired) electrons. The molecule has 0 spiro atoms. The van der Waals surface area contributed by atoms with Gasteiger partial charge in [0.05, 0.1) is 11.0 Å². The fourth-order valence-electron chi connectivity index (χ4n) is 3.45. The average Bonchev–Trinajstić information content (AvgIpc) is 2.61. The summed E-state index contributed by atoms with van der Waals surface area (Å²) in [7, 11) is 1.72. The molecule has 0 fully saturated rings. The zero-order valence-electron chi connectivity index (χ0n) is 14.9. The molecule has 2 rings (SSSR count).